The zero-order valence-electron chi connectivity index (χ0n) is 17.4. The second-order valence-electron chi connectivity index (χ2n) is 6.69. The molecule has 1 aromatic heterocycles. The normalized spacial score (nSPS) is 16.3. The van der Waals surface area contributed by atoms with Gasteiger partial charge in [0.05, 0.1) is 36.7 Å². The summed E-state index contributed by atoms with van der Waals surface area (Å²) in [4.78, 5) is 25.1. The van der Waals surface area contributed by atoms with Gasteiger partial charge in [0.1, 0.15) is 30.1 Å². The van der Waals surface area contributed by atoms with E-state index < -0.39 is 23.7 Å². The van der Waals surface area contributed by atoms with Crippen molar-refractivity contribution < 1.29 is 23.8 Å². The van der Waals surface area contributed by atoms with E-state index in [2.05, 4.69) is 25.6 Å². The van der Waals surface area contributed by atoms with Gasteiger partial charge in [-0.1, -0.05) is 23.7 Å². The van der Waals surface area contributed by atoms with Crippen LogP contribution in [0.15, 0.2) is 52.6 Å². The van der Waals surface area contributed by atoms with Gasteiger partial charge in [-0.2, -0.15) is 0 Å². The number of amides is 1. The van der Waals surface area contributed by atoms with Crippen molar-refractivity contribution in [1.29, 1.82) is 5.41 Å². The van der Waals surface area contributed by atoms with Crippen molar-refractivity contribution in [3.63, 3.8) is 0 Å². The predicted octanol–water partition coefficient (Wildman–Crippen LogP) is 2.35. The fourth-order valence-electron chi connectivity index (χ4n) is 2.79. The largest absolute Gasteiger partial charge is 0.464 e. The summed E-state index contributed by atoms with van der Waals surface area (Å²) < 4.78 is 24.2. The molecule has 0 radical (unpaired) electrons. The van der Waals surface area contributed by atoms with Crippen LogP contribution in [-0.2, 0) is 14.3 Å². The number of carbonyl (C=O) groups is 1. The Bertz CT molecular complexity index is 1030. The number of pyridine rings is 1. The smallest absolute Gasteiger partial charge is 0.269 e. The second-order valence-corrected chi connectivity index (χ2v) is 7.09. The summed E-state index contributed by atoms with van der Waals surface area (Å²) in [7, 11) is 0. The minimum Gasteiger partial charge on any atom is -0.464 e. The van der Waals surface area contributed by atoms with Gasteiger partial charge in [0, 0.05) is 6.21 Å². The quantitative estimate of drug-likeness (QED) is 0.323. The van der Waals surface area contributed by atoms with E-state index in [1.54, 1.807) is 24.3 Å². The van der Waals surface area contributed by atoms with Crippen LogP contribution in [0.5, 0.6) is 0 Å². The minimum absolute atomic E-state index is 0.0107. The molecule has 1 aliphatic heterocycles. The van der Waals surface area contributed by atoms with Crippen LogP contribution in [0.1, 0.15) is 0 Å². The number of ether oxygens (including phenoxy) is 2. The molecule has 0 fully saturated rings. The molecule has 0 saturated carbocycles. The van der Waals surface area contributed by atoms with Crippen LogP contribution in [0.4, 0.5) is 15.9 Å². The van der Waals surface area contributed by atoms with Gasteiger partial charge >= 0.3 is 0 Å². The van der Waals surface area contributed by atoms with Crippen LogP contribution >= 0.6 is 11.6 Å². The highest BCUT2D eigenvalue weighted by atomic mass is 35.5. The number of rotatable bonds is 9. The van der Waals surface area contributed by atoms with E-state index >= 15 is 0 Å². The summed E-state index contributed by atoms with van der Waals surface area (Å²) in [5.41, 5.74) is 0.592. The Labute approximate surface area is 194 Å². The number of para-hydroxylation sites is 1. The van der Waals surface area contributed by atoms with E-state index in [0.29, 0.717) is 16.5 Å². The Balaban J connectivity index is 1.73. The maximum atomic E-state index is 13.1. The number of halogens is 2. The molecule has 12 heteroatoms. The highest BCUT2D eigenvalue weighted by molar-refractivity contribution is 6.34. The first kappa shape index (κ1) is 24.2. The number of aromatic nitrogens is 1. The van der Waals surface area contributed by atoms with E-state index in [-0.39, 0.29) is 38.2 Å². The molecule has 33 heavy (non-hydrogen) atoms. The van der Waals surface area contributed by atoms with Gasteiger partial charge in [0.2, 0.25) is 12.0 Å². The molecule has 2 heterocycles. The fraction of sp³-hybridized carbons (Fsp3) is 0.286. The number of benzene rings is 1. The van der Waals surface area contributed by atoms with Crippen molar-refractivity contribution in [3.05, 3.63) is 53.4 Å². The Morgan fingerprint density at radius 3 is 2.85 bits per heavy atom. The van der Waals surface area contributed by atoms with Crippen LogP contribution in [0.3, 0.4) is 0 Å². The molecule has 2 aromatic rings. The number of carbonyl (C=O) groups excluding carboxylic acids is 1. The lowest BCUT2D eigenvalue weighted by Crippen LogP contribution is -2.42. The van der Waals surface area contributed by atoms with Gasteiger partial charge in [-0.3, -0.25) is 4.79 Å². The van der Waals surface area contributed by atoms with E-state index in [0.717, 1.165) is 18.5 Å². The van der Waals surface area contributed by atoms with E-state index in [4.69, 9.17) is 31.6 Å². The summed E-state index contributed by atoms with van der Waals surface area (Å²) >= 11 is 6.20. The number of amidine groups is 1. The Hall–Kier alpha value is -3.41. The molecule has 3 rings (SSSR count). The van der Waals surface area contributed by atoms with Crippen LogP contribution in [0.25, 0.3) is 0 Å². The molecule has 0 saturated heterocycles. The van der Waals surface area contributed by atoms with E-state index in [9.17, 15) is 9.18 Å². The molecular formula is C21H22ClFN6O4. The van der Waals surface area contributed by atoms with Gasteiger partial charge < -0.3 is 30.6 Å². The lowest BCUT2D eigenvalue weighted by molar-refractivity contribution is -0.126. The number of aliphatic imine (C=N–C) groups is 2. The molecule has 174 valence electrons. The third-order valence-corrected chi connectivity index (χ3v) is 4.70. The number of hydrogen-bond donors (Lipinski definition) is 4. The third-order valence-electron chi connectivity index (χ3n) is 4.37. The Morgan fingerprint density at radius 2 is 2.15 bits per heavy atom. The molecule has 1 aliphatic rings. The van der Waals surface area contributed by atoms with Crippen molar-refractivity contribution in [1.82, 2.24) is 4.98 Å². The molecule has 10 nitrogen and oxygen atoms in total. The number of aliphatic hydroxyl groups excluding tert-OH is 1. The second kappa shape index (κ2) is 12.0. The van der Waals surface area contributed by atoms with Gasteiger partial charge in [0.25, 0.3) is 5.91 Å². The van der Waals surface area contributed by atoms with Gasteiger partial charge in [-0.25, -0.2) is 19.4 Å². The molecule has 1 amide bonds. The molecule has 1 aromatic carbocycles. The molecule has 0 bridgehead atoms. The highest BCUT2D eigenvalue weighted by Crippen LogP contribution is 2.22. The van der Waals surface area contributed by atoms with Crippen molar-refractivity contribution in [2.45, 2.75) is 6.10 Å². The summed E-state index contributed by atoms with van der Waals surface area (Å²) in [6.07, 6.45) is 0.850. The lowest BCUT2D eigenvalue weighted by atomic mass is 10.1. The van der Waals surface area contributed by atoms with Crippen LogP contribution in [0.2, 0.25) is 5.02 Å². The number of nitrogens with one attached hydrogen (secondary N) is 3. The first-order valence-electron chi connectivity index (χ1n) is 9.90. The SMILES string of the molecule is N=CC1C(Nc2ccccc2Cl)=NCN=C1OC(COCCO)C(=O)Nc1ccc(F)cn1. The molecular weight excluding hydrogens is 455 g/mol. The van der Waals surface area contributed by atoms with Crippen molar-refractivity contribution in [3.8, 4) is 0 Å². The Kier molecular flexibility index (Phi) is 8.81. The van der Waals surface area contributed by atoms with Crippen molar-refractivity contribution in [2.24, 2.45) is 15.9 Å². The average Bonchev–Trinajstić information content (AvgIpc) is 2.81. The maximum absolute atomic E-state index is 13.1. The monoisotopic (exact) mass is 476 g/mol. The number of aliphatic hydroxyl groups is 1. The molecule has 4 N–H and O–H groups in total. The van der Waals surface area contributed by atoms with Crippen LogP contribution < -0.4 is 10.6 Å². The zero-order valence-corrected chi connectivity index (χ0v) is 18.1. The third kappa shape index (κ3) is 6.78. The minimum atomic E-state index is -1.19. The first-order chi connectivity index (χ1) is 16.0. The summed E-state index contributed by atoms with van der Waals surface area (Å²) in [5.74, 6) is -1.40. The average molecular weight is 477 g/mol. The summed E-state index contributed by atoms with van der Waals surface area (Å²) in [5, 5.41) is 22.9. The summed E-state index contributed by atoms with van der Waals surface area (Å²) in [6, 6.07) is 9.50. The number of nitrogens with zero attached hydrogens (tertiary/aromatic N) is 3. The highest BCUT2D eigenvalue weighted by Gasteiger charge is 2.31. The van der Waals surface area contributed by atoms with Crippen molar-refractivity contribution in [2.75, 3.05) is 37.1 Å². The van der Waals surface area contributed by atoms with E-state index in [1.165, 1.54) is 6.07 Å². The Morgan fingerprint density at radius 1 is 1.33 bits per heavy atom. The van der Waals surface area contributed by atoms with Gasteiger partial charge in [-0.05, 0) is 24.3 Å². The zero-order chi connectivity index (χ0) is 23.6. The van der Waals surface area contributed by atoms with Crippen molar-refractivity contribution >= 4 is 47.0 Å². The topological polar surface area (TPSA) is 141 Å². The van der Waals surface area contributed by atoms with Gasteiger partial charge in [0.15, 0.2) is 0 Å². The maximum Gasteiger partial charge on any atom is 0.269 e. The predicted molar refractivity (Wildman–Crippen MR) is 123 cm³/mol. The standard InChI is InChI=1S/C21H22ClFN6O4/c22-15-3-1-2-4-16(15)28-19-14(9-24)21(27-12-26-19)33-17(11-32-8-7-30)20(31)29-18-6-5-13(23)10-25-18/h1-6,9-10,14,17,24,30H,7-8,11-12H2,(H,26,28)(H,25,29,31). The number of hydrogen-bond acceptors (Lipinski definition) is 9. The molecule has 0 aliphatic carbocycles. The number of anilines is 2. The lowest BCUT2D eigenvalue weighted by Gasteiger charge is -2.26. The first-order valence-corrected chi connectivity index (χ1v) is 10.3. The fourth-order valence-corrected chi connectivity index (χ4v) is 2.98. The summed E-state index contributed by atoms with van der Waals surface area (Å²) in [6.45, 7) is -0.445. The van der Waals surface area contributed by atoms with Gasteiger partial charge in [-0.15, -0.1) is 0 Å². The van der Waals surface area contributed by atoms with Crippen LogP contribution in [-0.4, -0.2) is 66.5 Å². The molecule has 2 atom stereocenters. The molecule has 0 spiro atoms. The van der Waals surface area contributed by atoms with Crippen LogP contribution in [0, 0.1) is 17.1 Å². The molecule has 2 unspecified atom stereocenters. The van der Waals surface area contributed by atoms with E-state index in [1.807, 2.05) is 0 Å².